The number of phenolic OH excluding ortho intramolecular Hbond substituents is 1. The number of hydrogen-bond donors (Lipinski definition) is 2. The Kier molecular flexibility index (Phi) is 7.27. The molecule has 0 saturated carbocycles. The molecule has 0 fully saturated rings. The second kappa shape index (κ2) is 8.06. The van der Waals surface area contributed by atoms with Gasteiger partial charge < -0.3 is 19.6 Å². The zero-order valence-electron chi connectivity index (χ0n) is 12.4. The Bertz CT molecular complexity index is 666. The number of aryl methyl sites for hydroxylation is 2. The molecule has 0 radical (unpaired) electrons. The van der Waals surface area contributed by atoms with Crippen molar-refractivity contribution < 1.29 is 49.2 Å². The largest absolute Gasteiger partial charge is 1.00 e. The van der Waals surface area contributed by atoms with E-state index in [1.807, 2.05) is 0 Å². The molecule has 0 saturated heterocycles. The second-order valence-corrected chi connectivity index (χ2v) is 10.5. The monoisotopic (exact) mass is 364 g/mol. The molecule has 0 aliphatic rings. The van der Waals surface area contributed by atoms with Gasteiger partial charge in [0.05, 0.1) is 0 Å². The van der Waals surface area contributed by atoms with Crippen LogP contribution in [0, 0.1) is 13.8 Å². The van der Waals surface area contributed by atoms with Crippen LogP contribution in [0.15, 0.2) is 41.3 Å². The van der Waals surface area contributed by atoms with Crippen LogP contribution in [-0.4, -0.2) is 10.00 Å². The number of phenols is 1. The standard InChI is InChI=1S/C14H15O4PS2.Na/c1-9-3-5-11(7-13(9)15)18-19(17,20)21-12-6-4-10(2)14(16)8-12;/h3-8,15-16H,1-2H3,(H,17,20);/q;+1/p-1. The van der Waals surface area contributed by atoms with Crippen LogP contribution in [0.25, 0.3) is 0 Å². The third-order valence-electron chi connectivity index (χ3n) is 2.78. The number of aromatic hydroxyl groups is 1. The zero-order valence-corrected chi connectivity index (χ0v) is 17.0. The molecule has 0 spiro atoms. The third kappa shape index (κ3) is 5.46. The van der Waals surface area contributed by atoms with Gasteiger partial charge in [-0.05, 0) is 66.9 Å². The van der Waals surface area contributed by atoms with E-state index in [0.29, 0.717) is 10.5 Å². The van der Waals surface area contributed by atoms with Gasteiger partial charge in [-0.3, -0.25) is 0 Å². The van der Waals surface area contributed by atoms with Crippen molar-refractivity contribution in [1.82, 2.24) is 0 Å². The molecule has 0 aliphatic heterocycles. The average Bonchev–Trinajstić information content (AvgIpc) is 2.37. The third-order valence-corrected chi connectivity index (χ3v) is 6.36. The first-order valence-electron chi connectivity index (χ1n) is 6.06. The predicted molar refractivity (Wildman–Crippen MR) is 86.5 cm³/mol. The van der Waals surface area contributed by atoms with Crippen molar-refractivity contribution in [2.75, 3.05) is 0 Å². The van der Waals surface area contributed by atoms with Crippen molar-refractivity contribution in [3.8, 4) is 17.2 Å². The molecule has 2 aromatic carbocycles. The van der Waals surface area contributed by atoms with Gasteiger partial charge in [-0.15, -0.1) is 5.75 Å². The Balaban J connectivity index is 0.00000242. The summed E-state index contributed by atoms with van der Waals surface area (Å²) in [6.45, 7) is 3.47. The minimum Gasteiger partial charge on any atom is -0.872 e. The molecule has 4 nitrogen and oxygen atoms in total. The van der Waals surface area contributed by atoms with Crippen LogP contribution < -0.4 is 39.2 Å². The number of benzene rings is 2. The molecule has 0 aliphatic carbocycles. The molecule has 8 heteroatoms. The topological polar surface area (TPSA) is 72.8 Å². The van der Waals surface area contributed by atoms with Crippen LogP contribution in [0.2, 0.25) is 0 Å². The minimum absolute atomic E-state index is 0. The normalized spacial score (nSPS) is 13.0. The SMILES string of the molecule is Cc1ccc(OP(O)(=S)Sc2ccc(C)c(O)c2)cc1[O-].[Na+]. The Morgan fingerprint density at radius 2 is 1.77 bits per heavy atom. The van der Waals surface area contributed by atoms with Crippen LogP contribution in [0.1, 0.15) is 11.1 Å². The smallest absolute Gasteiger partial charge is 0.872 e. The first-order valence-corrected chi connectivity index (χ1v) is 10.2. The molecular weight excluding hydrogens is 350 g/mol. The summed E-state index contributed by atoms with van der Waals surface area (Å²) in [4.78, 5) is 10.8. The van der Waals surface area contributed by atoms with Crippen molar-refractivity contribution in [2.24, 2.45) is 0 Å². The second-order valence-electron chi connectivity index (χ2n) is 4.53. The molecule has 0 aromatic heterocycles. The Morgan fingerprint density at radius 3 is 2.36 bits per heavy atom. The maximum Gasteiger partial charge on any atom is 1.00 e. The van der Waals surface area contributed by atoms with E-state index in [9.17, 15) is 15.1 Å². The average molecular weight is 364 g/mol. The van der Waals surface area contributed by atoms with Crippen molar-refractivity contribution in [2.45, 2.75) is 18.7 Å². The summed E-state index contributed by atoms with van der Waals surface area (Å²) < 4.78 is 5.37. The number of rotatable bonds is 4. The predicted octanol–water partition coefficient (Wildman–Crippen LogP) is 0.475. The van der Waals surface area contributed by atoms with E-state index < -0.39 is 5.69 Å². The molecule has 0 bridgehead atoms. The van der Waals surface area contributed by atoms with Gasteiger partial charge in [0.2, 0.25) is 0 Å². The fraction of sp³-hybridized carbons (Fsp3) is 0.143. The summed E-state index contributed by atoms with van der Waals surface area (Å²) in [5.41, 5.74) is -1.87. The van der Waals surface area contributed by atoms with E-state index in [2.05, 4.69) is 0 Å². The molecule has 1 unspecified atom stereocenters. The first kappa shape index (κ1) is 19.8. The van der Waals surface area contributed by atoms with E-state index in [1.165, 1.54) is 12.1 Å². The van der Waals surface area contributed by atoms with Crippen LogP contribution in [-0.2, 0) is 11.8 Å². The van der Waals surface area contributed by atoms with Gasteiger partial charge >= 0.3 is 29.6 Å². The summed E-state index contributed by atoms with van der Waals surface area (Å²) >= 11 is 6.05. The van der Waals surface area contributed by atoms with E-state index in [0.717, 1.165) is 16.9 Å². The molecule has 1 atom stereocenters. The van der Waals surface area contributed by atoms with Gasteiger partial charge in [-0.1, -0.05) is 17.7 Å². The van der Waals surface area contributed by atoms with Crippen molar-refractivity contribution in [3.63, 3.8) is 0 Å². The van der Waals surface area contributed by atoms with Crippen molar-refractivity contribution >= 4 is 28.9 Å². The molecule has 0 amide bonds. The zero-order chi connectivity index (χ0) is 15.6. The Morgan fingerprint density at radius 1 is 1.14 bits per heavy atom. The molecule has 0 heterocycles. The maximum absolute atomic E-state index is 11.5. The molecule has 2 aromatic rings. The Hall–Kier alpha value is -0.200. The van der Waals surface area contributed by atoms with Gasteiger partial charge in [0, 0.05) is 4.90 Å². The summed E-state index contributed by atoms with van der Waals surface area (Å²) in [6.07, 6.45) is 0. The van der Waals surface area contributed by atoms with Crippen LogP contribution in [0.4, 0.5) is 0 Å². The fourth-order valence-corrected chi connectivity index (χ4v) is 5.09. The van der Waals surface area contributed by atoms with Crippen LogP contribution in [0.3, 0.4) is 0 Å². The van der Waals surface area contributed by atoms with E-state index in [1.54, 1.807) is 38.1 Å². The van der Waals surface area contributed by atoms with E-state index in [-0.39, 0.29) is 46.8 Å². The quantitative estimate of drug-likeness (QED) is 0.607. The van der Waals surface area contributed by atoms with Gasteiger partial charge in [-0.2, -0.15) is 0 Å². The van der Waals surface area contributed by atoms with Gasteiger partial charge in [0.15, 0.2) is 0 Å². The first-order chi connectivity index (χ1) is 9.77. The van der Waals surface area contributed by atoms with Crippen LogP contribution in [0.5, 0.6) is 17.2 Å². The van der Waals surface area contributed by atoms with E-state index in [4.69, 9.17) is 16.3 Å². The molecule has 112 valence electrons. The summed E-state index contributed by atoms with van der Waals surface area (Å²) in [7, 11) is 0. The fourth-order valence-electron chi connectivity index (χ4n) is 1.57. The number of hydrogen-bond acceptors (Lipinski definition) is 5. The van der Waals surface area contributed by atoms with Gasteiger partial charge in [0.1, 0.15) is 11.5 Å². The van der Waals surface area contributed by atoms with Gasteiger partial charge in [-0.25, -0.2) is 0 Å². The molecule has 2 rings (SSSR count). The van der Waals surface area contributed by atoms with Crippen molar-refractivity contribution in [3.05, 3.63) is 47.5 Å². The maximum atomic E-state index is 11.5. The summed E-state index contributed by atoms with van der Waals surface area (Å²) in [5, 5.41) is 21.2. The van der Waals surface area contributed by atoms with Crippen LogP contribution >= 0.6 is 17.1 Å². The minimum atomic E-state index is -3.21. The molecule has 22 heavy (non-hydrogen) atoms. The van der Waals surface area contributed by atoms with E-state index >= 15 is 0 Å². The Labute approximate surface area is 160 Å². The molecule has 2 N–H and O–H groups in total. The van der Waals surface area contributed by atoms with Gasteiger partial charge in [0.25, 0.3) is 5.69 Å². The molecular formula is C14H14NaO4PS2. The summed E-state index contributed by atoms with van der Waals surface area (Å²) in [6, 6.07) is 9.52. The summed E-state index contributed by atoms with van der Waals surface area (Å²) in [5.74, 6) is 0.216. The van der Waals surface area contributed by atoms with Crippen molar-refractivity contribution in [1.29, 1.82) is 0 Å².